The van der Waals surface area contributed by atoms with E-state index in [2.05, 4.69) is 13.8 Å². The lowest BCUT2D eigenvalue weighted by atomic mass is 9.92. The predicted octanol–water partition coefficient (Wildman–Crippen LogP) is 3.83. The van der Waals surface area contributed by atoms with Gasteiger partial charge in [0.2, 0.25) is 0 Å². The molecular formula is C12H17ClFN. The van der Waals surface area contributed by atoms with Crippen LogP contribution in [0.4, 0.5) is 4.39 Å². The van der Waals surface area contributed by atoms with Gasteiger partial charge in [0.1, 0.15) is 5.82 Å². The van der Waals surface area contributed by atoms with E-state index >= 15 is 0 Å². The first kappa shape index (κ1) is 12.5. The molecule has 0 heterocycles. The normalized spacial score (nSPS) is 15.1. The van der Waals surface area contributed by atoms with E-state index in [4.69, 9.17) is 17.3 Å². The summed E-state index contributed by atoms with van der Waals surface area (Å²) in [6.45, 7) is 5.87. The van der Waals surface area contributed by atoms with E-state index in [1.54, 1.807) is 13.0 Å². The number of hydrogen-bond acceptors (Lipinski definition) is 1. The van der Waals surface area contributed by atoms with E-state index < -0.39 is 0 Å². The molecule has 0 saturated carbocycles. The second-order valence-corrected chi connectivity index (χ2v) is 4.44. The van der Waals surface area contributed by atoms with Gasteiger partial charge in [0.25, 0.3) is 0 Å². The lowest BCUT2D eigenvalue weighted by molar-refractivity contribution is 0.456. The van der Waals surface area contributed by atoms with E-state index in [9.17, 15) is 4.39 Å². The second-order valence-electron chi connectivity index (χ2n) is 4.03. The summed E-state index contributed by atoms with van der Waals surface area (Å²) in [5.74, 6) is 0.0625. The van der Waals surface area contributed by atoms with Gasteiger partial charge in [0.05, 0.1) is 0 Å². The standard InChI is InChI=1S/C12H17ClFN/c1-4-7(2)12(15)9-5-8(3)11(14)6-10(9)13/h5-7,12H,4,15H2,1-3H3. The fraction of sp³-hybridized carbons (Fsp3) is 0.500. The molecule has 2 N–H and O–H groups in total. The minimum atomic E-state index is -0.278. The molecule has 84 valence electrons. The number of nitrogens with two attached hydrogens (primary N) is 1. The number of benzene rings is 1. The molecular weight excluding hydrogens is 213 g/mol. The van der Waals surface area contributed by atoms with Crippen molar-refractivity contribution in [3.63, 3.8) is 0 Å². The highest BCUT2D eigenvalue weighted by molar-refractivity contribution is 6.31. The largest absolute Gasteiger partial charge is 0.324 e. The highest BCUT2D eigenvalue weighted by Gasteiger charge is 2.17. The maximum absolute atomic E-state index is 13.2. The van der Waals surface area contributed by atoms with Crippen molar-refractivity contribution in [2.24, 2.45) is 11.7 Å². The number of halogens is 2. The number of rotatable bonds is 3. The molecule has 15 heavy (non-hydrogen) atoms. The van der Waals surface area contributed by atoms with Crippen molar-refractivity contribution in [2.45, 2.75) is 33.2 Å². The Morgan fingerprint density at radius 1 is 1.47 bits per heavy atom. The monoisotopic (exact) mass is 229 g/mol. The maximum Gasteiger partial charge on any atom is 0.127 e. The Balaban J connectivity index is 3.09. The number of aryl methyl sites for hydroxylation is 1. The van der Waals surface area contributed by atoms with Crippen LogP contribution in [-0.2, 0) is 0 Å². The van der Waals surface area contributed by atoms with Crippen LogP contribution in [0, 0.1) is 18.7 Å². The van der Waals surface area contributed by atoms with Crippen LogP contribution < -0.4 is 5.73 Å². The van der Waals surface area contributed by atoms with E-state index in [1.165, 1.54) is 6.07 Å². The predicted molar refractivity (Wildman–Crippen MR) is 62.5 cm³/mol. The summed E-state index contributed by atoms with van der Waals surface area (Å²) in [4.78, 5) is 0. The summed E-state index contributed by atoms with van der Waals surface area (Å²) in [5.41, 5.74) is 7.49. The Hall–Kier alpha value is -0.600. The van der Waals surface area contributed by atoms with E-state index in [0.29, 0.717) is 16.5 Å². The topological polar surface area (TPSA) is 26.0 Å². The van der Waals surface area contributed by atoms with Crippen molar-refractivity contribution in [3.05, 3.63) is 34.1 Å². The highest BCUT2D eigenvalue weighted by Crippen LogP contribution is 2.29. The second kappa shape index (κ2) is 4.95. The molecule has 1 aromatic rings. The van der Waals surface area contributed by atoms with Crippen molar-refractivity contribution < 1.29 is 4.39 Å². The van der Waals surface area contributed by atoms with Crippen LogP contribution in [0.15, 0.2) is 12.1 Å². The van der Waals surface area contributed by atoms with Crippen LogP contribution in [0.1, 0.15) is 37.4 Å². The van der Waals surface area contributed by atoms with Gasteiger partial charge in [-0.2, -0.15) is 0 Å². The fourth-order valence-corrected chi connectivity index (χ4v) is 1.77. The Morgan fingerprint density at radius 3 is 2.60 bits per heavy atom. The van der Waals surface area contributed by atoms with Crippen LogP contribution in [0.3, 0.4) is 0 Å². The van der Waals surface area contributed by atoms with Gasteiger partial charge < -0.3 is 5.73 Å². The Labute approximate surface area is 95.4 Å². The molecule has 2 unspecified atom stereocenters. The molecule has 0 aliphatic rings. The third-order valence-electron chi connectivity index (χ3n) is 2.89. The SMILES string of the molecule is CCC(C)C(N)c1cc(C)c(F)cc1Cl. The zero-order valence-electron chi connectivity index (χ0n) is 9.35. The summed E-state index contributed by atoms with van der Waals surface area (Å²) in [5, 5.41) is 0.422. The van der Waals surface area contributed by atoms with Crippen LogP contribution in [0.5, 0.6) is 0 Å². The van der Waals surface area contributed by atoms with Crippen LogP contribution >= 0.6 is 11.6 Å². The molecule has 1 nitrogen and oxygen atoms in total. The van der Waals surface area contributed by atoms with E-state index in [1.807, 2.05) is 0 Å². The van der Waals surface area contributed by atoms with E-state index in [0.717, 1.165) is 12.0 Å². The third-order valence-corrected chi connectivity index (χ3v) is 3.22. The Bertz CT molecular complexity index is 352. The minimum Gasteiger partial charge on any atom is -0.324 e. The molecule has 0 bridgehead atoms. The third kappa shape index (κ3) is 2.70. The first-order valence-electron chi connectivity index (χ1n) is 5.18. The van der Waals surface area contributed by atoms with Crippen molar-refractivity contribution in [3.8, 4) is 0 Å². The average Bonchev–Trinajstić information content (AvgIpc) is 2.21. The molecule has 0 fully saturated rings. The molecule has 0 radical (unpaired) electrons. The highest BCUT2D eigenvalue weighted by atomic mass is 35.5. The molecule has 3 heteroatoms. The molecule has 1 rings (SSSR count). The Morgan fingerprint density at radius 2 is 2.07 bits per heavy atom. The molecule has 0 spiro atoms. The van der Waals surface area contributed by atoms with E-state index in [-0.39, 0.29) is 11.9 Å². The van der Waals surface area contributed by atoms with Crippen LogP contribution in [-0.4, -0.2) is 0 Å². The van der Waals surface area contributed by atoms with Crippen molar-refractivity contribution >= 4 is 11.6 Å². The molecule has 0 amide bonds. The van der Waals surface area contributed by atoms with Crippen molar-refractivity contribution in [1.82, 2.24) is 0 Å². The average molecular weight is 230 g/mol. The van der Waals surface area contributed by atoms with Gasteiger partial charge in [-0.3, -0.25) is 0 Å². The van der Waals surface area contributed by atoms with Gasteiger partial charge >= 0.3 is 0 Å². The molecule has 2 atom stereocenters. The zero-order valence-corrected chi connectivity index (χ0v) is 10.1. The van der Waals surface area contributed by atoms with Gasteiger partial charge in [-0.25, -0.2) is 4.39 Å². The summed E-state index contributed by atoms with van der Waals surface area (Å²) in [6.07, 6.45) is 0.980. The summed E-state index contributed by atoms with van der Waals surface area (Å²) < 4.78 is 13.2. The fourth-order valence-electron chi connectivity index (χ4n) is 1.50. The summed E-state index contributed by atoms with van der Waals surface area (Å²) in [6, 6.07) is 2.96. The van der Waals surface area contributed by atoms with Gasteiger partial charge in [-0.15, -0.1) is 0 Å². The molecule has 0 aliphatic heterocycles. The molecule has 0 aliphatic carbocycles. The minimum absolute atomic E-state index is 0.123. The maximum atomic E-state index is 13.2. The Kier molecular flexibility index (Phi) is 4.12. The quantitative estimate of drug-likeness (QED) is 0.838. The summed E-state index contributed by atoms with van der Waals surface area (Å²) >= 11 is 5.98. The first-order chi connectivity index (χ1) is 6.97. The van der Waals surface area contributed by atoms with Gasteiger partial charge in [-0.1, -0.05) is 37.9 Å². The van der Waals surface area contributed by atoms with Gasteiger partial charge in [0, 0.05) is 11.1 Å². The molecule has 1 aromatic carbocycles. The smallest absolute Gasteiger partial charge is 0.127 e. The zero-order chi connectivity index (χ0) is 11.6. The van der Waals surface area contributed by atoms with Gasteiger partial charge in [-0.05, 0) is 30.0 Å². The van der Waals surface area contributed by atoms with Crippen molar-refractivity contribution in [2.75, 3.05) is 0 Å². The van der Waals surface area contributed by atoms with Gasteiger partial charge in [0.15, 0.2) is 0 Å². The lowest BCUT2D eigenvalue weighted by Gasteiger charge is -2.20. The molecule has 0 saturated heterocycles. The first-order valence-corrected chi connectivity index (χ1v) is 5.56. The lowest BCUT2D eigenvalue weighted by Crippen LogP contribution is -2.19. The number of hydrogen-bond donors (Lipinski definition) is 1. The molecule has 0 aromatic heterocycles. The van der Waals surface area contributed by atoms with Crippen LogP contribution in [0.2, 0.25) is 5.02 Å². The van der Waals surface area contributed by atoms with Crippen LogP contribution in [0.25, 0.3) is 0 Å². The van der Waals surface area contributed by atoms with Crippen molar-refractivity contribution in [1.29, 1.82) is 0 Å². The summed E-state index contributed by atoms with van der Waals surface area (Å²) in [7, 11) is 0.